The molecule has 0 saturated heterocycles. The minimum atomic E-state index is -3.91. The van der Waals surface area contributed by atoms with E-state index in [1.54, 1.807) is 24.3 Å². The predicted molar refractivity (Wildman–Crippen MR) is 112 cm³/mol. The van der Waals surface area contributed by atoms with Crippen LogP contribution in [0.5, 0.6) is 0 Å². The van der Waals surface area contributed by atoms with Crippen LogP contribution in [-0.4, -0.2) is 50.7 Å². The first-order valence-electron chi connectivity index (χ1n) is 8.63. The van der Waals surface area contributed by atoms with Crippen LogP contribution < -0.4 is 10.6 Å². The topological polar surface area (TPSA) is 122 Å². The van der Waals surface area contributed by atoms with Gasteiger partial charge in [-0.05, 0) is 48.5 Å². The van der Waals surface area contributed by atoms with Crippen LogP contribution in [0.4, 0.5) is 11.4 Å². The molecule has 30 heavy (non-hydrogen) atoms. The third-order valence-corrected chi connectivity index (χ3v) is 5.80. The van der Waals surface area contributed by atoms with Gasteiger partial charge in [-0.1, -0.05) is 11.6 Å². The van der Waals surface area contributed by atoms with Gasteiger partial charge in [-0.15, -0.1) is 0 Å². The van der Waals surface area contributed by atoms with Crippen LogP contribution in [0.3, 0.4) is 0 Å². The molecule has 11 heteroatoms. The summed E-state index contributed by atoms with van der Waals surface area (Å²) < 4.78 is 30.5. The molecule has 0 spiro atoms. The number of rotatable bonds is 8. The average Bonchev–Trinajstić information content (AvgIpc) is 2.68. The van der Waals surface area contributed by atoms with Crippen molar-refractivity contribution in [3.05, 3.63) is 53.6 Å². The fraction of sp³-hybridized carbons (Fsp3) is 0.211. The van der Waals surface area contributed by atoms with Crippen molar-refractivity contribution in [2.24, 2.45) is 0 Å². The number of benzene rings is 2. The Morgan fingerprint density at radius 3 is 2.03 bits per heavy atom. The Balaban J connectivity index is 1.84. The molecule has 0 aliphatic carbocycles. The quantitative estimate of drug-likeness (QED) is 0.590. The minimum absolute atomic E-state index is 0.0253. The van der Waals surface area contributed by atoms with Gasteiger partial charge in [-0.25, -0.2) is 8.42 Å². The third-order valence-electron chi connectivity index (χ3n) is 3.73. The molecule has 0 saturated carbocycles. The summed E-state index contributed by atoms with van der Waals surface area (Å²) >= 11 is 5.75. The summed E-state index contributed by atoms with van der Waals surface area (Å²) in [5.74, 6) is -1.70. The molecular formula is C19H20ClN3O6S. The number of nitrogens with one attached hydrogen (secondary N) is 2. The molecule has 2 N–H and O–H groups in total. The molecule has 160 valence electrons. The molecule has 0 fully saturated rings. The van der Waals surface area contributed by atoms with Crippen molar-refractivity contribution in [1.29, 1.82) is 0 Å². The first-order valence-corrected chi connectivity index (χ1v) is 10.4. The first-order chi connectivity index (χ1) is 14.1. The smallest absolute Gasteiger partial charge is 0.321 e. The van der Waals surface area contributed by atoms with E-state index in [1.165, 1.54) is 38.2 Å². The summed E-state index contributed by atoms with van der Waals surface area (Å²) in [5, 5.41) is 5.49. The molecule has 9 nitrogen and oxygen atoms in total. The zero-order chi connectivity index (χ0) is 22.3. The summed E-state index contributed by atoms with van der Waals surface area (Å²) in [6.07, 6.45) is 0. The molecule has 0 aliphatic heterocycles. The Morgan fingerprint density at radius 1 is 0.967 bits per heavy atom. The number of sulfonamides is 1. The van der Waals surface area contributed by atoms with Crippen LogP contribution >= 0.6 is 11.6 Å². The van der Waals surface area contributed by atoms with E-state index in [-0.39, 0.29) is 10.8 Å². The van der Waals surface area contributed by atoms with E-state index in [0.29, 0.717) is 16.4 Å². The van der Waals surface area contributed by atoms with E-state index in [1.807, 2.05) is 0 Å². The maximum Gasteiger partial charge on any atom is 0.321 e. The first kappa shape index (κ1) is 23.3. The Hall–Kier alpha value is -2.95. The minimum Gasteiger partial charge on any atom is -0.455 e. The lowest BCUT2D eigenvalue weighted by Gasteiger charge is -2.16. The molecule has 0 heterocycles. The summed E-state index contributed by atoms with van der Waals surface area (Å²) in [5.41, 5.74) is 1.00. The summed E-state index contributed by atoms with van der Waals surface area (Å²) in [6, 6.07) is 11.8. The molecule has 0 bridgehead atoms. The zero-order valence-electron chi connectivity index (χ0n) is 16.2. The number of nitrogens with zero attached hydrogens (tertiary/aromatic N) is 1. The summed E-state index contributed by atoms with van der Waals surface area (Å²) in [4.78, 5) is 34.8. The van der Waals surface area contributed by atoms with Crippen molar-refractivity contribution >= 4 is 50.8 Å². The van der Waals surface area contributed by atoms with Crippen molar-refractivity contribution in [2.75, 3.05) is 30.8 Å². The van der Waals surface area contributed by atoms with Crippen LogP contribution in [0, 0.1) is 0 Å². The van der Waals surface area contributed by atoms with Gasteiger partial charge in [0.25, 0.3) is 5.91 Å². The van der Waals surface area contributed by atoms with Gasteiger partial charge in [-0.2, -0.15) is 4.31 Å². The number of ether oxygens (including phenoxy) is 1. The van der Waals surface area contributed by atoms with Gasteiger partial charge in [-0.3, -0.25) is 14.4 Å². The molecule has 0 aromatic heterocycles. The van der Waals surface area contributed by atoms with Gasteiger partial charge in [0.2, 0.25) is 15.9 Å². The lowest BCUT2D eigenvalue weighted by Crippen LogP contribution is -2.34. The van der Waals surface area contributed by atoms with E-state index in [0.717, 1.165) is 4.31 Å². The Labute approximate surface area is 179 Å². The number of carbonyl (C=O) groups is 3. The van der Waals surface area contributed by atoms with E-state index in [4.69, 9.17) is 16.3 Å². The zero-order valence-corrected chi connectivity index (χ0v) is 17.8. The second-order valence-electron chi connectivity index (χ2n) is 6.18. The second-order valence-corrected chi connectivity index (χ2v) is 8.66. The van der Waals surface area contributed by atoms with Gasteiger partial charge in [0.05, 0.1) is 4.90 Å². The standard InChI is InChI=1S/C19H20ClN3O6S/c1-13(24)21-15-5-7-16(8-6-15)22-18(25)12-29-19(26)11-23(2)30(27,28)17-9-3-14(20)4-10-17/h3-10H,11-12H2,1-2H3,(H,21,24)(H,22,25). The molecule has 2 aromatic rings. The Bertz CT molecular complexity index is 1020. The van der Waals surface area contributed by atoms with Crippen LogP contribution in [0.15, 0.2) is 53.4 Å². The highest BCUT2D eigenvalue weighted by Crippen LogP contribution is 2.17. The molecule has 2 aromatic carbocycles. The fourth-order valence-corrected chi connectivity index (χ4v) is 3.52. The van der Waals surface area contributed by atoms with Crippen molar-refractivity contribution in [1.82, 2.24) is 4.31 Å². The maximum absolute atomic E-state index is 12.4. The van der Waals surface area contributed by atoms with Crippen LogP contribution in [0.1, 0.15) is 6.92 Å². The number of likely N-dealkylation sites (N-methyl/N-ethyl adjacent to an activating group) is 1. The number of hydrogen-bond donors (Lipinski definition) is 2. The number of hydrogen-bond acceptors (Lipinski definition) is 6. The van der Waals surface area contributed by atoms with E-state index in [9.17, 15) is 22.8 Å². The van der Waals surface area contributed by atoms with Gasteiger partial charge in [0.1, 0.15) is 6.54 Å². The lowest BCUT2D eigenvalue weighted by atomic mass is 10.2. The molecule has 0 unspecified atom stereocenters. The van der Waals surface area contributed by atoms with E-state index >= 15 is 0 Å². The molecule has 0 atom stereocenters. The van der Waals surface area contributed by atoms with Gasteiger partial charge in [0.15, 0.2) is 6.61 Å². The number of anilines is 2. The third kappa shape index (κ3) is 6.83. The normalized spacial score (nSPS) is 11.1. The lowest BCUT2D eigenvalue weighted by molar-refractivity contribution is -0.147. The van der Waals surface area contributed by atoms with Crippen molar-refractivity contribution in [3.8, 4) is 0 Å². The van der Waals surface area contributed by atoms with Crippen LogP contribution in [0.25, 0.3) is 0 Å². The summed E-state index contributed by atoms with van der Waals surface area (Å²) in [7, 11) is -2.68. The predicted octanol–water partition coefficient (Wildman–Crippen LogP) is 2.10. The fourth-order valence-electron chi connectivity index (χ4n) is 2.28. The molecule has 0 radical (unpaired) electrons. The highest BCUT2D eigenvalue weighted by Gasteiger charge is 2.23. The number of halogens is 1. The van der Waals surface area contributed by atoms with E-state index < -0.39 is 35.1 Å². The largest absolute Gasteiger partial charge is 0.455 e. The number of carbonyl (C=O) groups excluding carboxylic acids is 3. The second kappa shape index (κ2) is 10.2. The maximum atomic E-state index is 12.4. The van der Waals surface area contributed by atoms with Gasteiger partial charge < -0.3 is 15.4 Å². The highest BCUT2D eigenvalue weighted by molar-refractivity contribution is 7.89. The summed E-state index contributed by atoms with van der Waals surface area (Å²) in [6.45, 7) is 0.229. The van der Waals surface area contributed by atoms with Gasteiger partial charge >= 0.3 is 5.97 Å². The van der Waals surface area contributed by atoms with Crippen molar-refractivity contribution < 1.29 is 27.5 Å². The number of amides is 2. The highest BCUT2D eigenvalue weighted by atomic mass is 35.5. The van der Waals surface area contributed by atoms with Crippen molar-refractivity contribution in [2.45, 2.75) is 11.8 Å². The SMILES string of the molecule is CC(=O)Nc1ccc(NC(=O)COC(=O)CN(C)S(=O)(=O)c2ccc(Cl)cc2)cc1. The monoisotopic (exact) mass is 453 g/mol. The number of esters is 1. The molecular weight excluding hydrogens is 434 g/mol. The molecule has 2 amide bonds. The average molecular weight is 454 g/mol. The molecule has 0 aliphatic rings. The van der Waals surface area contributed by atoms with Gasteiger partial charge in [0, 0.05) is 30.4 Å². The Morgan fingerprint density at radius 2 is 1.50 bits per heavy atom. The molecule has 2 rings (SSSR count). The van der Waals surface area contributed by atoms with E-state index in [2.05, 4.69) is 10.6 Å². The van der Waals surface area contributed by atoms with Crippen molar-refractivity contribution in [3.63, 3.8) is 0 Å². The Kier molecular flexibility index (Phi) is 7.93. The van der Waals surface area contributed by atoms with Crippen LogP contribution in [-0.2, 0) is 29.1 Å². The van der Waals surface area contributed by atoms with Crippen LogP contribution in [0.2, 0.25) is 5.02 Å².